The van der Waals surface area contributed by atoms with E-state index in [1.165, 1.54) is 18.2 Å². The lowest BCUT2D eigenvalue weighted by Crippen LogP contribution is -2.30. The second-order valence-corrected chi connectivity index (χ2v) is 8.48. The zero-order valence-electron chi connectivity index (χ0n) is 13.7. The zero-order valence-corrected chi connectivity index (χ0v) is 16.9. The summed E-state index contributed by atoms with van der Waals surface area (Å²) in [6, 6.07) is 18.9. The Morgan fingerprint density at radius 2 is 1.56 bits per heavy atom. The van der Waals surface area contributed by atoms with Gasteiger partial charge in [-0.25, -0.2) is 13.1 Å². The van der Waals surface area contributed by atoms with Gasteiger partial charge in [-0.05, 0) is 60.7 Å². The van der Waals surface area contributed by atoms with Crippen LogP contribution < -0.4 is 9.46 Å². The molecule has 0 aromatic heterocycles. The Balaban J connectivity index is 1.84. The lowest BCUT2D eigenvalue weighted by Gasteiger charge is -2.12. The van der Waals surface area contributed by atoms with Crippen LogP contribution >= 0.6 is 27.5 Å². The van der Waals surface area contributed by atoms with Crippen molar-refractivity contribution in [1.29, 1.82) is 0 Å². The second kappa shape index (κ2) is 8.12. The van der Waals surface area contributed by atoms with Gasteiger partial charge in [0.15, 0.2) is 0 Å². The minimum Gasteiger partial charge on any atom is -0.457 e. The maximum absolute atomic E-state index is 12.6. The molecule has 0 unspecified atom stereocenters. The summed E-state index contributed by atoms with van der Waals surface area (Å²) in [7, 11) is -4.01. The van der Waals surface area contributed by atoms with Gasteiger partial charge in [0.05, 0.1) is 10.5 Å². The molecular weight excluding hydrogens is 454 g/mol. The van der Waals surface area contributed by atoms with E-state index in [1.54, 1.807) is 54.6 Å². The number of hydrogen-bond donors (Lipinski definition) is 1. The molecule has 1 amide bonds. The molecule has 0 saturated heterocycles. The van der Waals surface area contributed by atoms with Gasteiger partial charge in [-0.3, -0.25) is 4.79 Å². The summed E-state index contributed by atoms with van der Waals surface area (Å²) in [5, 5.41) is 0.550. The van der Waals surface area contributed by atoms with Crippen LogP contribution in [0.2, 0.25) is 5.02 Å². The van der Waals surface area contributed by atoms with Gasteiger partial charge >= 0.3 is 0 Å². The number of nitrogens with one attached hydrogen (secondary N) is 1. The van der Waals surface area contributed by atoms with Gasteiger partial charge in [0.25, 0.3) is 15.9 Å². The van der Waals surface area contributed by atoms with E-state index in [4.69, 9.17) is 16.3 Å². The molecule has 5 nitrogen and oxygen atoms in total. The Morgan fingerprint density at radius 1 is 0.926 bits per heavy atom. The van der Waals surface area contributed by atoms with E-state index in [-0.39, 0.29) is 16.2 Å². The predicted octanol–water partition coefficient (Wildman–Crippen LogP) is 5.01. The van der Waals surface area contributed by atoms with E-state index in [0.717, 1.165) is 4.47 Å². The molecule has 3 aromatic rings. The molecule has 138 valence electrons. The van der Waals surface area contributed by atoms with E-state index in [0.29, 0.717) is 10.8 Å². The smallest absolute Gasteiger partial charge is 0.268 e. The fraction of sp³-hybridized carbons (Fsp3) is 0. The number of amides is 1. The Morgan fingerprint density at radius 3 is 2.22 bits per heavy atom. The third-order valence-electron chi connectivity index (χ3n) is 3.52. The monoisotopic (exact) mass is 465 g/mol. The molecule has 0 radical (unpaired) electrons. The molecular formula is C19H13BrClNO4S. The SMILES string of the molecule is O=C(NS(=O)(=O)c1ccc(Br)cc1)c1ccccc1Oc1ccc(Cl)cc1. The quantitative estimate of drug-likeness (QED) is 0.573. The average Bonchev–Trinajstić information content (AvgIpc) is 2.64. The van der Waals surface area contributed by atoms with Crippen molar-refractivity contribution in [3.05, 3.63) is 87.9 Å². The molecule has 3 rings (SSSR count). The standard InChI is InChI=1S/C19H13BrClNO4S/c20-13-5-11-16(12-6-13)27(24,25)22-19(23)17-3-1-2-4-18(17)26-15-9-7-14(21)8-10-15/h1-12H,(H,22,23). The number of carbonyl (C=O) groups is 1. The minimum atomic E-state index is -4.01. The summed E-state index contributed by atoms with van der Waals surface area (Å²) in [5.41, 5.74) is 0.0909. The van der Waals surface area contributed by atoms with Crippen LogP contribution in [0.25, 0.3) is 0 Å². The van der Waals surface area contributed by atoms with Crippen LogP contribution in [0.4, 0.5) is 0 Å². The van der Waals surface area contributed by atoms with Crippen molar-refractivity contribution >= 4 is 43.5 Å². The Hall–Kier alpha value is -2.35. The summed E-state index contributed by atoms with van der Waals surface area (Å²) >= 11 is 9.09. The van der Waals surface area contributed by atoms with Crippen LogP contribution in [0.3, 0.4) is 0 Å². The van der Waals surface area contributed by atoms with Gasteiger partial charge in [-0.15, -0.1) is 0 Å². The largest absolute Gasteiger partial charge is 0.457 e. The number of hydrogen-bond acceptors (Lipinski definition) is 4. The number of carbonyl (C=O) groups excluding carboxylic acids is 1. The van der Waals surface area contributed by atoms with Crippen molar-refractivity contribution in [3.8, 4) is 11.5 Å². The van der Waals surface area contributed by atoms with Crippen molar-refractivity contribution in [2.75, 3.05) is 0 Å². The predicted molar refractivity (Wildman–Crippen MR) is 107 cm³/mol. The minimum absolute atomic E-state index is 0.0184. The molecule has 0 bridgehead atoms. The highest BCUT2D eigenvalue weighted by Gasteiger charge is 2.21. The molecule has 0 aliphatic rings. The lowest BCUT2D eigenvalue weighted by atomic mass is 10.2. The lowest BCUT2D eigenvalue weighted by molar-refractivity contribution is 0.0979. The molecule has 27 heavy (non-hydrogen) atoms. The van der Waals surface area contributed by atoms with Crippen molar-refractivity contribution in [2.24, 2.45) is 0 Å². The highest BCUT2D eigenvalue weighted by Crippen LogP contribution is 2.26. The Bertz CT molecular complexity index is 1070. The van der Waals surface area contributed by atoms with Crippen LogP contribution in [0, 0.1) is 0 Å². The van der Waals surface area contributed by atoms with Gasteiger partial charge in [-0.1, -0.05) is 39.7 Å². The number of para-hydroxylation sites is 1. The van der Waals surface area contributed by atoms with E-state index in [1.807, 2.05) is 0 Å². The number of benzene rings is 3. The first kappa shape index (κ1) is 19.4. The number of sulfonamides is 1. The summed E-state index contributed by atoms with van der Waals surface area (Å²) < 4.78 is 33.4. The highest BCUT2D eigenvalue weighted by molar-refractivity contribution is 9.10. The zero-order chi connectivity index (χ0) is 19.4. The third kappa shape index (κ3) is 4.88. The molecule has 0 aliphatic carbocycles. The molecule has 0 aliphatic heterocycles. The average molecular weight is 467 g/mol. The van der Waals surface area contributed by atoms with Crippen LogP contribution in [0.15, 0.2) is 82.2 Å². The molecule has 1 N–H and O–H groups in total. The van der Waals surface area contributed by atoms with Crippen LogP contribution in [-0.4, -0.2) is 14.3 Å². The van der Waals surface area contributed by atoms with E-state index >= 15 is 0 Å². The van der Waals surface area contributed by atoms with E-state index in [2.05, 4.69) is 20.7 Å². The number of halogens is 2. The second-order valence-electron chi connectivity index (χ2n) is 5.44. The van der Waals surface area contributed by atoms with E-state index < -0.39 is 15.9 Å². The fourth-order valence-electron chi connectivity index (χ4n) is 2.22. The van der Waals surface area contributed by atoms with Crippen molar-refractivity contribution in [2.45, 2.75) is 4.90 Å². The fourth-order valence-corrected chi connectivity index (χ4v) is 3.58. The van der Waals surface area contributed by atoms with Crippen molar-refractivity contribution in [3.63, 3.8) is 0 Å². The van der Waals surface area contributed by atoms with Gasteiger partial charge in [0, 0.05) is 9.50 Å². The van der Waals surface area contributed by atoms with Gasteiger partial charge < -0.3 is 4.74 Å². The highest BCUT2D eigenvalue weighted by atomic mass is 79.9. The number of ether oxygens (including phenoxy) is 1. The van der Waals surface area contributed by atoms with Crippen LogP contribution in [0.5, 0.6) is 11.5 Å². The van der Waals surface area contributed by atoms with Crippen molar-refractivity contribution in [1.82, 2.24) is 4.72 Å². The van der Waals surface area contributed by atoms with Gasteiger partial charge in [-0.2, -0.15) is 0 Å². The Kier molecular flexibility index (Phi) is 5.84. The third-order valence-corrected chi connectivity index (χ3v) is 5.65. The molecule has 0 atom stereocenters. The van der Waals surface area contributed by atoms with Gasteiger partial charge in [0.2, 0.25) is 0 Å². The first-order valence-electron chi connectivity index (χ1n) is 7.70. The topological polar surface area (TPSA) is 72.5 Å². The van der Waals surface area contributed by atoms with Crippen molar-refractivity contribution < 1.29 is 17.9 Å². The first-order chi connectivity index (χ1) is 12.8. The summed E-state index contributed by atoms with van der Waals surface area (Å²) in [6.07, 6.45) is 0. The van der Waals surface area contributed by atoms with E-state index in [9.17, 15) is 13.2 Å². The van der Waals surface area contributed by atoms with Crippen LogP contribution in [-0.2, 0) is 10.0 Å². The summed E-state index contributed by atoms with van der Waals surface area (Å²) in [6.45, 7) is 0. The molecule has 0 saturated carbocycles. The van der Waals surface area contributed by atoms with Gasteiger partial charge in [0.1, 0.15) is 11.5 Å². The maximum Gasteiger partial charge on any atom is 0.268 e. The maximum atomic E-state index is 12.6. The summed E-state index contributed by atoms with van der Waals surface area (Å²) in [5.74, 6) is -0.0961. The molecule has 0 spiro atoms. The summed E-state index contributed by atoms with van der Waals surface area (Å²) in [4.78, 5) is 12.5. The molecule has 8 heteroatoms. The normalized spacial score (nSPS) is 11.0. The Labute approximate surface area is 170 Å². The molecule has 0 heterocycles. The first-order valence-corrected chi connectivity index (χ1v) is 10.4. The van der Waals surface area contributed by atoms with Crippen LogP contribution in [0.1, 0.15) is 10.4 Å². The number of rotatable bonds is 5. The molecule has 0 fully saturated rings. The molecule has 3 aromatic carbocycles.